The van der Waals surface area contributed by atoms with E-state index in [-0.39, 0.29) is 11.2 Å². The monoisotopic (exact) mass is 350 g/mol. The number of aromatic nitrogens is 1. The average molecular weight is 350 g/mol. The highest BCUT2D eigenvalue weighted by molar-refractivity contribution is 7.22. The molecule has 25 heavy (non-hydrogen) atoms. The molecule has 4 rings (SSSR count). The molecule has 0 spiro atoms. The summed E-state index contributed by atoms with van der Waals surface area (Å²) in [6.07, 6.45) is 0. The minimum absolute atomic E-state index is 0.0311. The van der Waals surface area contributed by atoms with Crippen molar-refractivity contribution in [1.82, 2.24) is 4.98 Å². The second-order valence-electron chi connectivity index (χ2n) is 5.82. The van der Waals surface area contributed by atoms with Crippen LogP contribution in [0.4, 0.5) is 5.13 Å². The zero-order valence-electron chi connectivity index (χ0n) is 13.6. The summed E-state index contributed by atoms with van der Waals surface area (Å²) in [5, 5.41) is 3.66. The second-order valence-corrected chi connectivity index (χ2v) is 6.82. The van der Waals surface area contributed by atoms with E-state index in [9.17, 15) is 9.59 Å². The van der Waals surface area contributed by atoms with Crippen LogP contribution < -0.4 is 10.7 Å². The molecule has 124 valence electrons. The number of para-hydroxylation sites is 1. The number of aryl methyl sites for hydroxylation is 2. The van der Waals surface area contributed by atoms with Gasteiger partial charge in [-0.2, -0.15) is 0 Å². The summed E-state index contributed by atoms with van der Waals surface area (Å²) in [4.78, 5) is 29.1. The Labute approximate surface area is 146 Å². The third-order valence-corrected chi connectivity index (χ3v) is 5.13. The highest BCUT2D eigenvalue weighted by atomic mass is 32.1. The van der Waals surface area contributed by atoms with E-state index in [0.29, 0.717) is 16.1 Å². The van der Waals surface area contributed by atoms with Crippen molar-refractivity contribution in [3.05, 3.63) is 69.6 Å². The van der Waals surface area contributed by atoms with Crippen molar-refractivity contribution in [3.63, 3.8) is 0 Å². The molecule has 0 aliphatic heterocycles. The number of anilines is 1. The molecule has 1 amide bonds. The van der Waals surface area contributed by atoms with Gasteiger partial charge in [0, 0.05) is 6.07 Å². The first-order valence-corrected chi connectivity index (χ1v) is 8.55. The summed E-state index contributed by atoms with van der Waals surface area (Å²) in [7, 11) is 0. The molecule has 0 aliphatic rings. The Morgan fingerprint density at radius 2 is 1.88 bits per heavy atom. The standard InChI is InChI=1S/C19H14N2O3S/c1-10-7-8-11(2)17-16(10)20-19(25-17)21-18(23)15-9-13(22)12-5-3-4-6-14(12)24-15/h3-9H,1-2H3,(H,20,21,23). The molecule has 4 aromatic rings. The molecule has 0 bridgehead atoms. The lowest BCUT2D eigenvalue weighted by Crippen LogP contribution is -2.14. The lowest BCUT2D eigenvalue weighted by atomic mass is 10.1. The number of hydrogen-bond donors (Lipinski definition) is 1. The maximum absolute atomic E-state index is 12.5. The Hall–Kier alpha value is -2.99. The predicted molar refractivity (Wildman–Crippen MR) is 99.5 cm³/mol. The third kappa shape index (κ3) is 2.70. The van der Waals surface area contributed by atoms with Crippen molar-refractivity contribution >= 4 is 43.6 Å². The topological polar surface area (TPSA) is 72.2 Å². The quantitative estimate of drug-likeness (QED) is 0.586. The minimum Gasteiger partial charge on any atom is -0.451 e. The number of rotatable bonds is 2. The predicted octanol–water partition coefficient (Wildman–Crippen LogP) is 4.27. The van der Waals surface area contributed by atoms with E-state index in [1.165, 1.54) is 17.4 Å². The van der Waals surface area contributed by atoms with Gasteiger partial charge in [0.05, 0.1) is 15.6 Å². The molecule has 0 fully saturated rings. The van der Waals surface area contributed by atoms with Crippen LogP contribution in [0.15, 0.2) is 51.7 Å². The fraction of sp³-hybridized carbons (Fsp3) is 0.105. The summed E-state index contributed by atoms with van der Waals surface area (Å²) >= 11 is 1.41. The van der Waals surface area contributed by atoms with Crippen LogP contribution in [0, 0.1) is 13.8 Å². The Morgan fingerprint density at radius 3 is 2.68 bits per heavy atom. The van der Waals surface area contributed by atoms with Crippen LogP contribution in [-0.4, -0.2) is 10.9 Å². The summed E-state index contributed by atoms with van der Waals surface area (Å²) in [6.45, 7) is 3.99. The van der Waals surface area contributed by atoms with Crippen molar-refractivity contribution in [2.75, 3.05) is 5.32 Å². The Morgan fingerprint density at radius 1 is 1.12 bits per heavy atom. The van der Waals surface area contributed by atoms with Crippen LogP contribution in [0.25, 0.3) is 21.2 Å². The maximum Gasteiger partial charge on any atom is 0.293 e. The molecule has 0 unspecified atom stereocenters. The van der Waals surface area contributed by atoms with Gasteiger partial charge >= 0.3 is 0 Å². The van der Waals surface area contributed by atoms with Crippen LogP contribution in [-0.2, 0) is 0 Å². The van der Waals surface area contributed by atoms with Crippen LogP contribution in [0.2, 0.25) is 0 Å². The van der Waals surface area contributed by atoms with E-state index in [1.54, 1.807) is 24.3 Å². The zero-order valence-corrected chi connectivity index (χ0v) is 14.4. The van der Waals surface area contributed by atoms with E-state index in [2.05, 4.69) is 10.3 Å². The number of benzene rings is 2. The van der Waals surface area contributed by atoms with Gasteiger partial charge in [-0.25, -0.2) is 4.98 Å². The van der Waals surface area contributed by atoms with Gasteiger partial charge in [0.15, 0.2) is 16.3 Å². The summed E-state index contributed by atoms with van der Waals surface area (Å²) in [5.41, 5.74) is 3.17. The highest BCUT2D eigenvalue weighted by Gasteiger charge is 2.15. The van der Waals surface area contributed by atoms with Crippen LogP contribution in [0.5, 0.6) is 0 Å². The largest absolute Gasteiger partial charge is 0.451 e. The van der Waals surface area contributed by atoms with E-state index in [1.807, 2.05) is 26.0 Å². The lowest BCUT2D eigenvalue weighted by molar-refractivity contribution is 0.0997. The first-order valence-electron chi connectivity index (χ1n) is 7.74. The van der Waals surface area contributed by atoms with Crippen molar-refractivity contribution in [2.24, 2.45) is 0 Å². The number of hydrogen-bond acceptors (Lipinski definition) is 5. The van der Waals surface area contributed by atoms with Gasteiger partial charge in [-0.05, 0) is 37.1 Å². The second kappa shape index (κ2) is 5.82. The molecule has 5 nitrogen and oxygen atoms in total. The number of nitrogens with zero attached hydrogens (tertiary/aromatic N) is 1. The molecule has 0 saturated heterocycles. The van der Waals surface area contributed by atoms with Crippen LogP contribution in [0.3, 0.4) is 0 Å². The smallest absolute Gasteiger partial charge is 0.293 e. The number of carbonyl (C=O) groups is 1. The zero-order chi connectivity index (χ0) is 17.6. The molecule has 0 radical (unpaired) electrons. The van der Waals surface area contributed by atoms with Crippen molar-refractivity contribution in [1.29, 1.82) is 0 Å². The van der Waals surface area contributed by atoms with Gasteiger partial charge in [0.2, 0.25) is 0 Å². The summed E-state index contributed by atoms with van der Waals surface area (Å²) in [6, 6.07) is 12.1. The van der Waals surface area contributed by atoms with Gasteiger partial charge in [-0.1, -0.05) is 35.6 Å². The first kappa shape index (κ1) is 15.5. The van der Waals surface area contributed by atoms with E-state index in [0.717, 1.165) is 21.3 Å². The fourth-order valence-corrected chi connectivity index (χ4v) is 3.69. The number of carbonyl (C=O) groups excluding carboxylic acids is 1. The highest BCUT2D eigenvalue weighted by Crippen LogP contribution is 2.31. The molecular weight excluding hydrogens is 336 g/mol. The molecule has 6 heteroatoms. The number of thiazole rings is 1. The normalized spacial score (nSPS) is 11.1. The average Bonchev–Trinajstić information content (AvgIpc) is 3.03. The Bertz CT molecular complexity index is 1150. The Kier molecular flexibility index (Phi) is 3.62. The third-order valence-electron chi connectivity index (χ3n) is 4.02. The summed E-state index contributed by atoms with van der Waals surface area (Å²) in [5.74, 6) is -0.520. The van der Waals surface area contributed by atoms with Gasteiger partial charge in [-0.15, -0.1) is 0 Å². The molecule has 2 aromatic heterocycles. The minimum atomic E-state index is -0.489. The molecule has 0 saturated carbocycles. The molecule has 0 atom stereocenters. The van der Waals surface area contributed by atoms with Crippen molar-refractivity contribution in [2.45, 2.75) is 13.8 Å². The Balaban J connectivity index is 1.72. The van der Waals surface area contributed by atoms with Crippen LogP contribution in [0.1, 0.15) is 21.7 Å². The molecule has 2 aromatic carbocycles. The molecule has 1 N–H and O–H groups in total. The number of nitrogens with one attached hydrogen (secondary N) is 1. The van der Waals surface area contributed by atoms with Gasteiger partial charge in [-0.3, -0.25) is 14.9 Å². The van der Waals surface area contributed by atoms with Gasteiger partial charge < -0.3 is 4.42 Å². The fourth-order valence-electron chi connectivity index (χ4n) is 2.69. The van der Waals surface area contributed by atoms with Gasteiger partial charge in [0.25, 0.3) is 5.91 Å². The molecule has 0 aliphatic carbocycles. The summed E-state index contributed by atoms with van der Waals surface area (Å²) < 4.78 is 6.60. The molecule has 2 heterocycles. The molecular formula is C19H14N2O3S. The maximum atomic E-state index is 12.5. The SMILES string of the molecule is Cc1ccc(C)c2sc(NC(=O)c3cc(=O)c4ccccc4o3)nc12. The van der Waals surface area contributed by atoms with Gasteiger partial charge in [0.1, 0.15) is 5.58 Å². The first-order chi connectivity index (χ1) is 12.0. The van der Waals surface area contributed by atoms with Crippen molar-refractivity contribution in [3.8, 4) is 0 Å². The van der Waals surface area contributed by atoms with E-state index < -0.39 is 5.91 Å². The van der Waals surface area contributed by atoms with Crippen molar-refractivity contribution < 1.29 is 9.21 Å². The number of amides is 1. The van der Waals surface area contributed by atoms with E-state index in [4.69, 9.17) is 4.42 Å². The van der Waals surface area contributed by atoms with Crippen LogP contribution >= 0.6 is 11.3 Å². The lowest BCUT2D eigenvalue weighted by Gasteiger charge is -2.02. The van der Waals surface area contributed by atoms with E-state index >= 15 is 0 Å². The number of fused-ring (bicyclic) bond motifs is 2.